The largest absolute Gasteiger partial charge is 0.475 e. The van der Waals surface area contributed by atoms with E-state index in [9.17, 15) is 9.18 Å². The molecule has 0 radical (unpaired) electrons. The van der Waals surface area contributed by atoms with Crippen LogP contribution in [0.15, 0.2) is 34.7 Å². The van der Waals surface area contributed by atoms with Gasteiger partial charge in [0.1, 0.15) is 29.2 Å². The topological polar surface area (TPSA) is 81.1 Å². The molecule has 0 fully saturated rings. The van der Waals surface area contributed by atoms with E-state index in [1.807, 2.05) is 0 Å². The fourth-order valence-corrected chi connectivity index (χ4v) is 1.72. The van der Waals surface area contributed by atoms with Gasteiger partial charge in [-0.05, 0) is 24.3 Å². The van der Waals surface area contributed by atoms with E-state index < -0.39 is 5.97 Å². The summed E-state index contributed by atoms with van der Waals surface area (Å²) in [6.07, 6.45) is 0. The van der Waals surface area contributed by atoms with Crippen LogP contribution in [0.2, 0.25) is 0 Å². The Balaban J connectivity index is 1.89. The van der Waals surface area contributed by atoms with Crippen LogP contribution in [-0.4, -0.2) is 26.1 Å². The summed E-state index contributed by atoms with van der Waals surface area (Å²) in [5, 5.41) is 17.0. The summed E-state index contributed by atoms with van der Waals surface area (Å²) >= 11 is 0. The summed E-state index contributed by atoms with van der Waals surface area (Å²) < 4.78 is 18.1. The van der Waals surface area contributed by atoms with Gasteiger partial charge in [-0.2, -0.15) is 15.0 Å². The van der Waals surface area contributed by atoms with Crippen molar-refractivity contribution in [2.45, 2.75) is 6.54 Å². The smallest absolute Gasteiger partial charge is 0.371 e. The second-order valence-corrected chi connectivity index (χ2v) is 3.93. The number of aromatic nitrogens is 3. The quantitative estimate of drug-likeness (QED) is 0.778. The van der Waals surface area contributed by atoms with Crippen LogP contribution in [-0.2, 0) is 6.54 Å². The molecule has 1 aromatic carbocycles. The predicted molar refractivity (Wildman–Crippen MR) is 62.3 cm³/mol. The van der Waals surface area contributed by atoms with Gasteiger partial charge in [0.05, 0.1) is 0 Å². The summed E-state index contributed by atoms with van der Waals surface area (Å²) in [5.74, 6) is -1.24. The molecular weight excluding hydrogens is 253 g/mol. The molecule has 2 aromatic heterocycles. The zero-order valence-electron chi connectivity index (χ0n) is 9.58. The van der Waals surface area contributed by atoms with Crippen LogP contribution in [0, 0.1) is 5.82 Å². The van der Waals surface area contributed by atoms with Crippen molar-refractivity contribution in [1.29, 1.82) is 0 Å². The lowest BCUT2D eigenvalue weighted by Crippen LogP contribution is -2.02. The Morgan fingerprint density at radius 2 is 2.05 bits per heavy atom. The van der Waals surface area contributed by atoms with Gasteiger partial charge in [0.2, 0.25) is 5.76 Å². The molecule has 3 aromatic rings. The average Bonchev–Trinajstić information content (AvgIpc) is 2.95. The van der Waals surface area contributed by atoms with Gasteiger partial charge in [-0.25, -0.2) is 9.18 Å². The normalized spacial score (nSPS) is 11.0. The number of carbonyl (C=O) groups is 1. The van der Waals surface area contributed by atoms with Crippen LogP contribution in [0.25, 0.3) is 11.0 Å². The third-order valence-corrected chi connectivity index (χ3v) is 2.55. The second kappa shape index (κ2) is 4.20. The Labute approximate surface area is 106 Å². The molecule has 19 heavy (non-hydrogen) atoms. The average molecular weight is 261 g/mol. The molecule has 7 heteroatoms. The van der Waals surface area contributed by atoms with Crippen molar-refractivity contribution >= 4 is 17.0 Å². The second-order valence-electron chi connectivity index (χ2n) is 3.93. The number of benzene rings is 1. The first-order valence-corrected chi connectivity index (χ1v) is 5.44. The van der Waals surface area contributed by atoms with E-state index in [2.05, 4.69) is 10.2 Å². The van der Waals surface area contributed by atoms with Crippen LogP contribution >= 0.6 is 0 Å². The zero-order chi connectivity index (χ0) is 13.4. The molecule has 96 valence electrons. The molecule has 0 aliphatic heterocycles. The van der Waals surface area contributed by atoms with Gasteiger partial charge in [0.25, 0.3) is 0 Å². The standard InChI is InChI=1S/C12H8FN3O3/c13-7-1-3-9-10(5-7)15-16(14-9)6-8-2-4-11(19-8)12(17)18/h1-5H,6H2,(H,17,18). The van der Waals surface area contributed by atoms with Crippen molar-refractivity contribution in [3.8, 4) is 0 Å². The fraction of sp³-hybridized carbons (Fsp3) is 0.0833. The number of halogens is 1. The van der Waals surface area contributed by atoms with Crippen molar-refractivity contribution in [1.82, 2.24) is 15.0 Å². The van der Waals surface area contributed by atoms with E-state index >= 15 is 0 Å². The van der Waals surface area contributed by atoms with Crippen LogP contribution < -0.4 is 0 Å². The first-order valence-electron chi connectivity index (χ1n) is 5.44. The van der Waals surface area contributed by atoms with Crippen molar-refractivity contribution in [2.24, 2.45) is 0 Å². The minimum atomic E-state index is -1.13. The molecule has 0 saturated heterocycles. The summed E-state index contributed by atoms with van der Waals surface area (Å²) in [7, 11) is 0. The van der Waals surface area contributed by atoms with Gasteiger partial charge in [-0.15, -0.1) is 0 Å². The highest BCUT2D eigenvalue weighted by Gasteiger charge is 2.10. The summed E-state index contributed by atoms with van der Waals surface area (Å²) in [6.45, 7) is 0.184. The number of hydrogen-bond acceptors (Lipinski definition) is 4. The van der Waals surface area contributed by atoms with Crippen molar-refractivity contribution in [3.05, 3.63) is 47.7 Å². The van der Waals surface area contributed by atoms with E-state index in [1.54, 1.807) is 0 Å². The number of nitrogens with zero attached hydrogens (tertiary/aromatic N) is 3. The molecular formula is C12H8FN3O3. The first-order chi connectivity index (χ1) is 9.11. The van der Waals surface area contributed by atoms with Gasteiger partial charge in [-0.1, -0.05) is 0 Å². The Bertz CT molecular complexity index is 763. The lowest BCUT2D eigenvalue weighted by atomic mass is 10.3. The van der Waals surface area contributed by atoms with Crippen LogP contribution in [0.4, 0.5) is 4.39 Å². The number of aromatic carboxylic acids is 1. The molecule has 3 rings (SSSR count). The number of hydrogen-bond donors (Lipinski definition) is 1. The highest BCUT2D eigenvalue weighted by atomic mass is 19.1. The summed E-state index contributed by atoms with van der Waals surface area (Å²) in [6, 6.07) is 7.01. The number of rotatable bonds is 3. The van der Waals surface area contributed by atoms with Gasteiger partial charge < -0.3 is 9.52 Å². The lowest BCUT2D eigenvalue weighted by Gasteiger charge is -1.94. The molecule has 0 unspecified atom stereocenters. The minimum absolute atomic E-state index is 0.141. The maximum atomic E-state index is 13.0. The molecule has 0 bridgehead atoms. The van der Waals surface area contributed by atoms with Crippen molar-refractivity contribution < 1.29 is 18.7 Å². The third kappa shape index (κ3) is 2.17. The van der Waals surface area contributed by atoms with Crippen LogP contribution in [0.5, 0.6) is 0 Å². The molecule has 0 aliphatic carbocycles. The lowest BCUT2D eigenvalue weighted by molar-refractivity contribution is 0.0660. The monoisotopic (exact) mass is 261 g/mol. The molecule has 0 atom stereocenters. The van der Waals surface area contributed by atoms with Crippen molar-refractivity contribution in [3.63, 3.8) is 0 Å². The van der Waals surface area contributed by atoms with Gasteiger partial charge in [0.15, 0.2) is 0 Å². The van der Waals surface area contributed by atoms with Crippen LogP contribution in [0.1, 0.15) is 16.3 Å². The Morgan fingerprint density at radius 3 is 2.79 bits per heavy atom. The van der Waals surface area contributed by atoms with Crippen LogP contribution in [0.3, 0.4) is 0 Å². The zero-order valence-corrected chi connectivity index (χ0v) is 9.58. The number of carboxylic acids is 1. The Hall–Kier alpha value is -2.70. The van der Waals surface area contributed by atoms with E-state index in [1.165, 1.54) is 35.1 Å². The van der Waals surface area contributed by atoms with E-state index in [0.717, 1.165) is 0 Å². The predicted octanol–water partition coefficient (Wildman–Crippen LogP) is 1.91. The maximum absolute atomic E-state index is 13.0. The fourth-order valence-electron chi connectivity index (χ4n) is 1.72. The highest BCUT2D eigenvalue weighted by Crippen LogP contribution is 2.13. The summed E-state index contributed by atoms with van der Waals surface area (Å²) in [5.41, 5.74) is 0.997. The molecule has 0 aliphatic rings. The molecule has 6 nitrogen and oxygen atoms in total. The van der Waals surface area contributed by atoms with Gasteiger partial charge in [-0.3, -0.25) is 0 Å². The highest BCUT2D eigenvalue weighted by molar-refractivity contribution is 5.84. The Kier molecular flexibility index (Phi) is 2.52. The molecule has 0 spiro atoms. The van der Waals surface area contributed by atoms with Gasteiger partial charge in [0, 0.05) is 6.07 Å². The third-order valence-electron chi connectivity index (χ3n) is 2.55. The molecule has 2 heterocycles. The van der Waals surface area contributed by atoms with E-state index in [-0.39, 0.29) is 18.1 Å². The van der Waals surface area contributed by atoms with E-state index in [0.29, 0.717) is 16.8 Å². The van der Waals surface area contributed by atoms with E-state index in [4.69, 9.17) is 9.52 Å². The molecule has 1 N–H and O–H groups in total. The Morgan fingerprint density at radius 1 is 1.26 bits per heavy atom. The number of fused-ring (bicyclic) bond motifs is 1. The van der Waals surface area contributed by atoms with Gasteiger partial charge >= 0.3 is 5.97 Å². The number of furan rings is 1. The minimum Gasteiger partial charge on any atom is -0.475 e. The molecule has 0 saturated carbocycles. The van der Waals surface area contributed by atoms with Crippen molar-refractivity contribution in [2.75, 3.05) is 0 Å². The first kappa shape index (κ1) is 11.4. The summed E-state index contributed by atoms with van der Waals surface area (Å²) in [4.78, 5) is 12.0. The molecule has 0 amide bonds. The maximum Gasteiger partial charge on any atom is 0.371 e. The SMILES string of the molecule is O=C(O)c1ccc(Cn2nc3ccc(F)cc3n2)o1. The number of carboxylic acid groups (broad SMARTS) is 1.